The van der Waals surface area contributed by atoms with Gasteiger partial charge in [-0.3, -0.25) is 14.4 Å². The van der Waals surface area contributed by atoms with Gasteiger partial charge in [-0.1, -0.05) is 0 Å². The highest BCUT2D eigenvalue weighted by molar-refractivity contribution is 5.82. The van der Waals surface area contributed by atoms with Crippen molar-refractivity contribution >= 4 is 17.8 Å². The van der Waals surface area contributed by atoms with E-state index in [9.17, 15) is 55.2 Å². The zero-order valence-electron chi connectivity index (χ0n) is 24.6. The molecule has 0 unspecified atom stereocenters. The molecule has 1 aliphatic rings. The zero-order chi connectivity index (χ0) is 33.9. The molecular formula is C25H47N3O17. The summed E-state index contributed by atoms with van der Waals surface area (Å²) in [5, 5.41) is 92.7. The number of aliphatic hydroxyl groups is 8. The van der Waals surface area contributed by atoms with Crippen LogP contribution in [-0.2, 0) is 38.1 Å². The maximum atomic E-state index is 12.3. The summed E-state index contributed by atoms with van der Waals surface area (Å²) in [6.07, 6.45) is -17.0. The summed E-state index contributed by atoms with van der Waals surface area (Å²) in [5.41, 5.74) is 5.58. The van der Waals surface area contributed by atoms with Gasteiger partial charge in [0.1, 0.15) is 42.7 Å². The standard InChI is InChI=1S/C25H47N3O17/c26-13(1-2-16(32)33)23(39)27-3-5-41-7-9-43-10-8-42-6-4-28-24(40)20(37)19(36)22(14(31)11-29)45-25-21(38)18(35)17(34)15(12-30)44-25/h13-15,17-22,25,29-31,34-38H,1-12,26H2,(H,27,39)(H,28,40)(H,32,33)/t13-,14+,15+,17+,18-,19+,20+,21+,22+,25+/m0/s1. The van der Waals surface area contributed by atoms with Gasteiger partial charge in [0.25, 0.3) is 5.91 Å². The third-order valence-electron chi connectivity index (χ3n) is 6.48. The van der Waals surface area contributed by atoms with Crippen LogP contribution < -0.4 is 16.4 Å². The van der Waals surface area contributed by atoms with Crippen molar-refractivity contribution in [2.75, 3.05) is 65.9 Å². The van der Waals surface area contributed by atoms with E-state index in [1.54, 1.807) is 0 Å². The number of rotatable bonds is 24. The minimum Gasteiger partial charge on any atom is -0.481 e. The highest BCUT2D eigenvalue weighted by atomic mass is 16.7. The second kappa shape index (κ2) is 22.4. The second-order valence-corrected chi connectivity index (χ2v) is 9.94. The quantitative estimate of drug-likeness (QED) is 0.0427. The van der Waals surface area contributed by atoms with E-state index in [-0.39, 0.29) is 65.6 Å². The molecule has 0 aromatic heterocycles. The lowest BCUT2D eigenvalue weighted by molar-refractivity contribution is -0.326. The van der Waals surface area contributed by atoms with Crippen LogP contribution in [0.25, 0.3) is 0 Å². The Morgan fingerprint density at radius 3 is 1.84 bits per heavy atom. The molecule has 2 amide bonds. The summed E-state index contributed by atoms with van der Waals surface area (Å²) in [6.45, 7) is -0.734. The Kier molecular flexibility index (Phi) is 20.3. The first kappa shape index (κ1) is 40.9. The molecular weight excluding hydrogens is 614 g/mol. The van der Waals surface area contributed by atoms with Crippen molar-refractivity contribution in [1.29, 1.82) is 0 Å². The number of hydrogen-bond donors (Lipinski definition) is 12. The van der Waals surface area contributed by atoms with Crippen LogP contribution >= 0.6 is 0 Å². The molecule has 45 heavy (non-hydrogen) atoms. The smallest absolute Gasteiger partial charge is 0.303 e. The normalized spacial score (nSPS) is 25.1. The monoisotopic (exact) mass is 661 g/mol. The number of aliphatic hydroxyl groups excluding tert-OH is 8. The molecule has 0 saturated carbocycles. The second-order valence-electron chi connectivity index (χ2n) is 9.94. The van der Waals surface area contributed by atoms with Crippen molar-refractivity contribution in [3.05, 3.63) is 0 Å². The largest absolute Gasteiger partial charge is 0.481 e. The maximum Gasteiger partial charge on any atom is 0.303 e. The van der Waals surface area contributed by atoms with Crippen LogP contribution in [-0.4, -0.2) is 191 Å². The Bertz CT molecular complexity index is 856. The van der Waals surface area contributed by atoms with Crippen LogP contribution in [0.2, 0.25) is 0 Å². The van der Waals surface area contributed by atoms with Crippen LogP contribution in [0, 0.1) is 0 Å². The lowest BCUT2D eigenvalue weighted by Gasteiger charge is -2.42. The maximum absolute atomic E-state index is 12.3. The van der Waals surface area contributed by atoms with Crippen LogP contribution in [0.5, 0.6) is 0 Å². The average molecular weight is 662 g/mol. The van der Waals surface area contributed by atoms with Gasteiger partial charge in [0.05, 0.1) is 58.9 Å². The van der Waals surface area contributed by atoms with E-state index in [0.29, 0.717) is 0 Å². The fourth-order valence-electron chi connectivity index (χ4n) is 3.85. The van der Waals surface area contributed by atoms with Crippen molar-refractivity contribution in [1.82, 2.24) is 10.6 Å². The number of aliphatic carboxylic acids is 1. The molecule has 1 heterocycles. The van der Waals surface area contributed by atoms with Crippen molar-refractivity contribution in [3.8, 4) is 0 Å². The Morgan fingerprint density at radius 2 is 1.33 bits per heavy atom. The van der Waals surface area contributed by atoms with E-state index < -0.39 is 92.2 Å². The third kappa shape index (κ3) is 14.9. The van der Waals surface area contributed by atoms with E-state index in [1.807, 2.05) is 0 Å². The number of nitrogens with one attached hydrogen (secondary N) is 2. The van der Waals surface area contributed by atoms with Crippen LogP contribution in [0.1, 0.15) is 12.8 Å². The fraction of sp³-hybridized carbons (Fsp3) is 0.880. The van der Waals surface area contributed by atoms with E-state index in [4.69, 9.17) is 34.5 Å². The first-order valence-electron chi connectivity index (χ1n) is 14.2. The van der Waals surface area contributed by atoms with E-state index >= 15 is 0 Å². The van der Waals surface area contributed by atoms with Crippen molar-refractivity contribution in [2.45, 2.75) is 74.0 Å². The molecule has 0 radical (unpaired) electrons. The molecule has 1 saturated heterocycles. The molecule has 0 spiro atoms. The number of nitrogens with two attached hydrogens (primary N) is 1. The molecule has 1 fully saturated rings. The first-order valence-corrected chi connectivity index (χ1v) is 14.2. The van der Waals surface area contributed by atoms with Gasteiger partial charge in [-0.15, -0.1) is 0 Å². The molecule has 13 N–H and O–H groups in total. The van der Waals surface area contributed by atoms with E-state index in [0.717, 1.165) is 0 Å². The number of ether oxygens (including phenoxy) is 5. The molecule has 0 aromatic rings. The summed E-state index contributed by atoms with van der Waals surface area (Å²) in [7, 11) is 0. The van der Waals surface area contributed by atoms with Gasteiger partial charge in [0, 0.05) is 19.5 Å². The Balaban J connectivity index is 2.25. The van der Waals surface area contributed by atoms with Crippen LogP contribution in [0.4, 0.5) is 0 Å². The summed E-state index contributed by atoms with van der Waals surface area (Å²) >= 11 is 0. The molecule has 0 aromatic carbocycles. The van der Waals surface area contributed by atoms with Crippen molar-refractivity contribution in [3.63, 3.8) is 0 Å². The SMILES string of the molecule is N[C@@H](CCC(=O)O)C(=O)NCCOCCOCCOCCNC(=O)[C@H](O)[C@@H](O)[C@H](O[C@H]1O[C@H](CO)[C@@H](O)[C@H](O)[C@H]1O)[C@H](O)CO. The predicted molar refractivity (Wildman–Crippen MR) is 147 cm³/mol. The predicted octanol–water partition coefficient (Wildman–Crippen LogP) is -7.28. The van der Waals surface area contributed by atoms with Gasteiger partial charge in [-0.05, 0) is 6.42 Å². The molecule has 264 valence electrons. The zero-order valence-corrected chi connectivity index (χ0v) is 24.6. The van der Waals surface area contributed by atoms with E-state index in [2.05, 4.69) is 10.6 Å². The number of amides is 2. The number of carboxylic acid groups (broad SMARTS) is 1. The Labute approximate surface area is 258 Å². The highest BCUT2D eigenvalue weighted by Gasteiger charge is 2.47. The van der Waals surface area contributed by atoms with Crippen LogP contribution in [0.3, 0.4) is 0 Å². The molecule has 0 aliphatic carbocycles. The molecule has 20 nitrogen and oxygen atoms in total. The molecule has 10 atom stereocenters. The number of carbonyl (C=O) groups excluding carboxylic acids is 2. The van der Waals surface area contributed by atoms with Gasteiger partial charge in [0.15, 0.2) is 12.4 Å². The lowest BCUT2D eigenvalue weighted by atomic mass is 9.98. The van der Waals surface area contributed by atoms with Crippen molar-refractivity contribution < 1.29 is 84.0 Å². The minimum atomic E-state index is -2.19. The highest BCUT2D eigenvalue weighted by Crippen LogP contribution is 2.25. The molecule has 1 aliphatic heterocycles. The topological polar surface area (TPSA) is 330 Å². The van der Waals surface area contributed by atoms with Gasteiger partial charge in [-0.2, -0.15) is 0 Å². The van der Waals surface area contributed by atoms with E-state index in [1.165, 1.54) is 0 Å². The summed E-state index contributed by atoms with van der Waals surface area (Å²) in [4.78, 5) is 34.5. The van der Waals surface area contributed by atoms with Gasteiger partial charge >= 0.3 is 5.97 Å². The van der Waals surface area contributed by atoms with Gasteiger partial charge in [0.2, 0.25) is 5.91 Å². The average Bonchev–Trinajstić information content (AvgIpc) is 3.02. The fourth-order valence-corrected chi connectivity index (χ4v) is 3.85. The molecule has 20 heteroatoms. The lowest BCUT2D eigenvalue weighted by Crippen LogP contribution is -2.62. The number of carbonyl (C=O) groups is 3. The number of carboxylic acids is 1. The summed E-state index contributed by atoms with van der Waals surface area (Å²) in [5.74, 6) is -2.60. The summed E-state index contributed by atoms with van der Waals surface area (Å²) < 4.78 is 26.3. The Morgan fingerprint density at radius 1 is 0.800 bits per heavy atom. The van der Waals surface area contributed by atoms with Crippen molar-refractivity contribution in [2.24, 2.45) is 5.73 Å². The van der Waals surface area contributed by atoms with Crippen LogP contribution in [0.15, 0.2) is 0 Å². The number of hydrogen-bond acceptors (Lipinski definition) is 17. The third-order valence-corrected chi connectivity index (χ3v) is 6.48. The first-order chi connectivity index (χ1) is 21.3. The minimum absolute atomic E-state index is 0.00716. The van der Waals surface area contributed by atoms with Gasteiger partial charge < -0.3 is 86.0 Å². The Hall–Kier alpha value is -2.15. The summed E-state index contributed by atoms with van der Waals surface area (Å²) in [6, 6.07) is -0.916. The molecule has 1 rings (SSSR count). The molecule has 0 bridgehead atoms. The van der Waals surface area contributed by atoms with Gasteiger partial charge in [-0.25, -0.2) is 0 Å².